The van der Waals surface area contributed by atoms with Gasteiger partial charge in [-0.25, -0.2) is 4.98 Å². The van der Waals surface area contributed by atoms with Crippen LogP contribution in [0.4, 0.5) is 17.1 Å². The largest absolute Gasteiger partial charge is 0.456 e. The lowest BCUT2D eigenvalue weighted by molar-refractivity contribution is 0.669. The van der Waals surface area contributed by atoms with Crippen molar-refractivity contribution in [2.45, 2.75) is 0 Å². The third kappa shape index (κ3) is 5.13. The van der Waals surface area contributed by atoms with Crippen LogP contribution in [0.2, 0.25) is 0 Å². The minimum atomic E-state index is 0.606. The first-order chi connectivity index (χ1) is 25.6. The monoisotopic (exact) mass is 658 g/mol. The second kappa shape index (κ2) is 12.0. The number of fused-ring (bicyclic) bond motifs is 6. The fourth-order valence-corrected chi connectivity index (χ4v) is 7.45. The van der Waals surface area contributed by atoms with E-state index in [0.29, 0.717) is 16.6 Å². The molecule has 0 fully saturated rings. The molecule has 0 N–H and O–H groups in total. The van der Waals surface area contributed by atoms with E-state index in [9.17, 15) is 0 Å². The second-order valence-corrected chi connectivity index (χ2v) is 13.3. The molecule has 0 aliphatic heterocycles. The van der Waals surface area contributed by atoms with Gasteiger partial charge in [0, 0.05) is 33.9 Å². The molecule has 5 heteroatoms. The van der Waals surface area contributed by atoms with Gasteiger partial charge in [0.2, 0.25) is 0 Å². The fourth-order valence-electron chi connectivity index (χ4n) is 7.45. The summed E-state index contributed by atoms with van der Waals surface area (Å²) in [4.78, 5) is 7.15. The van der Waals surface area contributed by atoms with Gasteiger partial charge in [-0.05, 0) is 98.2 Å². The van der Waals surface area contributed by atoms with Gasteiger partial charge in [0.15, 0.2) is 0 Å². The fraction of sp³-hybridized carbons (Fsp3) is 0. The van der Waals surface area contributed by atoms with Gasteiger partial charge < -0.3 is 9.32 Å². The van der Waals surface area contributed by atoms with Crippen LogP contribution in [0.15, 0.2) is 174 Å². The smallest absolute Gasteiger partial charge is 0.137 e. The molecule has 2 heterocycles. The molecule has 0 amide bonds. The Morgan fingerprint density at radius 3 is 1.75 bits per heavy atom. The van der Waals surface area contributed by atoms with Crippen LogP contribution in [-0.2, 0) is 0 Å². The van der Waals surface area contributed by atoms with E-state index in [0.717, 1.165) is 66.4 Å². The first kappa shape index (κ1) is 30.3. The molecule has 4 radical (unpaired) electrons. The van der Waals surface area contributed by atoms with E-state index in [4.69, 9.17) is 25.1 Å². The first-order valence-electron chi connectivity index (χ1n) is 17.4. The highest BCUT2D eigenvalue weighted by Crippen LogP contribution is 2.40. The molecule has 2 aromatic heterocycles. The molecule has 10 aromatic rings. The van der Waals surface area contributed by atoms with Crippen LogP contribution in [0.5, 0.6) is 0 Å². The highest BCUT2D eigenvalue weighted by atomic mass is 16.3. The lowest BCUT2D eigenvalue weighted by Gasteiger charge is -2.26. The zero-order chi connectivity index (χ0) is 34.8. The van der Waals surface area contributed by atoms with Crippen LogP contribution in [0, 0.1) is 0 Å². The molecular weight excluding hydrogens is 630 g/mol. The van der Waals surface area contributed by atoms with E-state index in [-0.39, 0.29) is 0 Å². The number of anilines is 3. The molecule has 8 aromatic carbocycles. The van der Waals surface area contributed by atoms with Crippen molar-refractivity contribution in [3.63, 3.8) is 0 Å². The molecular formula is C47H28B2N2O. The summed E-state index contributed by atoms with van der Waals surface area (Å²) in [6.07, 6.45) is 0. The average molecular weight is 658 g/mol. The summed E-state index contributed by atoms with van der Waals surface area (Å²) in [7, 11) is 12.8. The summed E-state index contributed by atoms with van der Waals surface area (Å²) in [5.74, 6) is 0. The molecule has 0 saturated carbocycles. The van der Waals surface area contributed by atoms with Gasteiger partial charge in [0.1, 0.15) is 26.9 Å². The normalized spacial score (nSPS) is 11.6. The number of aromatic nitrogens is 1. The first-order valence-corrected chi connectivity index (χ1v) is 17.4. The maximum atomic E-state index is 6.53. The number of para-hydroxylation sites is 1. The maximum absolute atomic E-state index is 6.53. The number of pyridine rings is 1. The van der Waals surface area contributed by atoms with Crippen LogP contribution in [0.3, 0.4) is 0 Å². The van der Waals surface area contributed by atoms with Gasteiger partial charge in [-0.1, -0.05) is 120 Å². The van der Waals surface area contributed by atoms with E-state index < -0.39 is 0 Å². The predicted molar refractivity (Wildman–Crippen MR) is 220 cm³/mol. The van der Waals surface area contributed by atoms with E-state index in [1.807, 2.05) is 24.3 Å². The minimum absolute atomic E-state index is 0.606. The number of benzene rings is 8. The van der Waals surface area contributed by atoms with Gasteiger partial charge >= 0.3 is 0 Å². The lowest BCUT2D eigenvalue weighted by atomic mass is 9.87. The number of nitrogens with zero attached hydrogens (tertiary/aromatic N) is 2. The summed E-state index contributed by atoms with van der Waals surface area (Å²) < 4.78 is 6.51. The highest BCUT2D eigenvalue weighted by molar-refractivity contribution is 6.40. The molecule has 0 spiro atoms. The molecule has 0 bridgehead atoms. The standard InChI is InChI=1S/C47H28B2N2O/c48-42-11-5-10-36-26-43(49)46(50-47(36)42)31-16-20-38(21-17-31)51(37-18-14-30(15-19-37)35-13-12-29-6-1-2-7-32(29)24-35)39-22-23-40-41-25-33-8-3-4-9-34(33)27-44(41)52-45(40)28-39/h1-28H. The molecule has 10 rings (SSSR count). The third-order valence-corrected chi connectivity index (χ3v) is 10.1. The molecule has 0 saturated heterocycles. The molecule has 52 heavy (non-hydrogen) atoms. The number of hydrogen-bond donors (Lipinski definition) is 0. The van der Waals surface area contributed by atoms with Crippen molar-refractivity contribution in [2.75, 3.05) is 4.90 Å². The Hall–Kier alpha value is -6.58. The SMILES string of the molecule is [B]c1cc2cccc([B])c2nc1-c1ccc(N(c2ccc(-c3ccc4ccccc4c3)cc2)c2ccc3c(c2)oc2cc4ccccc4cc23)cc1. The van der Waals surface area contributed by atoms with Crippen molar-refractivity contribution in [3.8, 4) is 22.4 Å². The van der Waals surface area contributed by atoms with Crippen molar-refractivity contribution in [1.82, 2.24) is 4.98 Å². The van der Waals surface area contributed by atoms with Gasteiger partial charge in [-0.2, -0.15) is 0 Å². The molecule has 0 aliphatic rings. The Balaban J connectivity index is 1.09. The third-order valence-electron chi connectivity index (χ3n) is 10.1. The molecule has 238 valence electrons. The Labute approximate surface area is 303 Å². The quantitative estimate of drug-likeness (QED) is 0.172. The predicted octanol–water partition coefficient (Wildman–Crippen LogP) is 10.8. The summed E-state index contributed by atoms with van der Waals surface area (Å²) >= 11 is 0. The Kier molecular flexibility index (Phi) is 7.00. The van der Waals surface area contributed by atoms with Crippen molar-refractivity contribution >= 4 is 98.1 Å². The Morgan fingerprint density at radius 2 is 1.00 bits per heavy atom. The molecule has 3 nitrogen and oxygen atoms in total. The molecule has 0 atom stereocenters. The summed E-state index contributed by atoms with van der Waals surface area (Å²) in [6.45, 7) is 0. The lowest BCUT2D eigenvalue weighted by Crippen LogP contribution is -2.14. The molecule has 0 unspecified atom stereocenters. The Bertz CT molecular complexity index is 2990. The second-order valence-electron chi connectivity index (χ2n) is 13.3. The van der Waals surface area contributed by atoms with Gasteiger partial charge in [0.25, 0.3) is 0 Å². The van der Waals surface area contributed by atoms with Crippen LogP contribution in [0.25, 0.3) is 76.8 Å². The van der Waals surface area contributed by atoms with Crippen LogP contribution in [0.1, 0.15) is 0 Å². The Morgan fingerprint density at radius 1 is 0.404 bits per heavy atom. The average Bonchev–Trinajstić information content (AvgIpc) is 3.54. The van der Waals surface area contributed by atoms with Crippen molar-refractivity contribution in [1.29, 1.82) is 0 Å². The summed E-state index contributed by atoms with van der Waals surface area (Å²) in [6, 6.07) is 59.1. The van der Waals surface area contributed by atoms with E-state index >= 15 is 0 Å². The van der Waals surface area contributed by atoms with Gasteiger partial charge in [0.05, 0.1) is 11.2 Å². The van der Waals surface area contributed by atoms with Crippen LogP contribution < -0.4 is 15.8 Å². The minimum Gasteiger partial charge on any atom is -0.456 e. The van der Waals surface area contributed by atoms with Crippen molar-refractivity contribution < 1.29 is 4.42 Å². The van der Waals surface area contributed by atoms with Gasteiger partial charge in [-0.3, -0.25) is 0 Å². The van der Waals surface area contributed by atoms with Crippen molar-refractivity contribution in [3.05, 3.63) is 170 Å². The number of furan rings is 1. The van der Waals surface area contributed by atoms with Crippen LogP contribution in [-0.4, -0.2) is 20.7 Å². The topological polar surface area (TPSA) is 29.3 Å². The van der Waals surface area contributed by atoms with E-state index in [1.54, 1.807) is 0 Å². The zero-order valence-corrected chi connectivity index (χ0v) is 28.1. The summed E-state index contributed by atoms with van der Waals surface area (Å²) in [5, 5.41) is 7.93. The van der Waals surface area contributed by atoms with Crippen LogP contribution >= 0.6 is 0 Å². The van der Waals surface area contributed by atoms with Crippen molar-refractivity contribution in [2.24, 2.45) is 0 Å². The zero-order valence-electron chi connectivity index (χ0n) is 28.1. The summed E-state index contributed by atoms with van der Waals surface area (Å²) in [5.41, 5.74) is 10.6. The number of rotatable bonds is 5. The van der Waals surface area contributed by atoms with E-state index in [1.165, 1.54) is 21.7 Å². The molecule has 0 aliphatic carbocycles. The number of hydrogen-bond acceptors (Lipinski definition) is 3. The van der Waals surface area contributed by atoms with E-state index in [2.05, 4.69) is 150 Å². The maximum Gasteiger partial charge on any atom is 0.137 e. The highest BCUT2D eigenvalue weighted by Gasteiger charge is 2.17. The van der Waals surface area contributed by atoms with Gasteiger partial charge in [-0.15, -0.1) is 0 Å².